The Hall–Kier alpha value is -3.31. The van der Waals surface area contributed by atoms with Crippen LogP contribution in [0.1, 0.15) is 59.7 Å². The first kappa shape index (κ1) is 19.2. The van der Waals surface area contributed by atoms with Crippen LogP contribution in [0.4, 0.5) is 5.69 Å². The minimum atomic E-state index is 0.419. The lowest BCUT2D eigenvalue weighted by Gasteiger charge is -2.04. The van der Waals surface area contributed by atoms with Gasteiger partial charge in [0.1, 0.15) is 17.0 Å². The molecule has 2 atom stereocenters. The molecule has 5 nitrogen and oxygen atoms in total. The molecule has 0 radical (unpaired) electrons. The largest absolute Gasteiger partial charge is 0.378 e. The molecule has 2 N–H and O–H groups in total. The molecule has 5 aromatic rings. The molecule has 6 heteroatoms. The number of H-pyrrole nitrogens is 1. The van der Waals surface area contributed by atoms with Gasteiger partial charge in [0, 0.05) is 23.3 Å². The quantitative estimate of drug-likeness (QED) is 0.303. The Morgan fingerprint density at radius 2 is 1.88 bits per heavy atom. The Balaban J connectivity index is 1.11. The fourth-order valence-electron chi connectivity index (χ4n) is 4.96. The maximum atomic E-state index is 6.19. The summed E-state index contributed by atoms with van der Waals surface area (Å²) in [5, 5.41) is 4.36. The van der Waals surface area contributed by atoms with E-state index < -0.39 is 0 Å². The molecule has 2 aromatic carbocycles. The number of nitrogens with one attached hydrogen (secondary N) is 2. The highest BCUT2D eigenvalue weighted by molar-refractivity contribution is 6.30. The van der Waals surface area contributed by atoms with Gasteiger partial charge in [-0.2, -0.15) is 0 Å². The van der Waals surface area contributed by atoms with E-state index in [4.69, 9.17) is 21.6 Å². The number of hydrogen-bond donors (Lipinski definition) is 2. The number of fused-ring (bicyclic) bond motifs is 2. The SMILES string of the molecule is Clc1cccc([C@H]2C[C@@H]2c2nc3c(NCc4cn5cc(C6CC6)ccc5n4)cccc3[nH]2)c1. The fraction of sp³-hybridized carbons (Fsp3) is 0.259. The first-order chi connectivity index (χ1) is 16.2. The number of aromatic amines is 1. The van der Waals surface area contributed by atoms with Crippen molar-refractivity contribution in [2.45, 2.75) is 43.6 Å². The number of anilines is 1. The number of nitrogens with zero attached hydrogens (tertiary/aromatic N) is 3. The molecule has 7 rings (SSSR count). The van der Waals surface area contributed by atoms with Crippen molar-refractivity contribution in [3.05, 3.63) is 94.7 Å². The number of benzene rings is 2. The zero-order valence-corrected chi connectivity index (χ0v) is 18.9. The molecule has 0 amide bonds. The molecule has 0 spiro atoms. The van der Waals surface area contributed by atoms with Crippen LogP contribution in [0.3, 0.4) is 0 Å². The molecule has 3 aromatic heterocycles. The maximum Gasteiger partial charge on any atom is 0.137 e. The summed E-state index contributed by atoms with van der Waals surface area (Å²) in [6.45, 7) is 0.663. The van der Waals surface area contributed by atoms with Crippen LogP contribution in [0, 0.1) is 0 Å². The highest BCUT2D eigenvalue weighted by Gasteiger charge is 2.41. The number of aromatic nitrogens is 4. The van der Waals surface area contributed by atoms with Gasteiger partial charge in [-0.25, -0.2) is 9.97 Å². The minimum Gasteiger partial charge on any atom is -0.378 e. The lowest BCUT2D eigenvalue weighted by atomic mass is 10.1. The third-order valence-corrected chi connectivity index (χ3v) is 7.22. The van der Waals surface area contributed by atoms with Crippen LogP contribution in [-0.2, 0) is 6.54 Å². The number of hydrogen-bond acceptors (Lipinski definition) is 3. The molecule has 33 heavy (non-hydrogen) atoms. The van der Waals surface area contributed by atoms with Crippen molar-refractivity contribution in [3.63, 3.8) is 0 Å². The van der Waals surface area contributed by atoms with Crippen molar-refractivity contribution in [1.82, 2.24) is 19.4 Å². The number of imidazole rings is 2. The molecule has 0 aliphatic heterocycles. The van der Waals surface area contributed by atoms with Gasteiger partial charge in [-0.3, -0.25) is 0 Å². The van der Waals surface area contributed by atoms with E-state index >= 15 is 0 Å². The van der Waals surface area contributed by atoms with Crippen molar-refractivity contribution in [2.24, 2.45) is 0 Å². The predicted molar refractivity (Wildman–Crippen MR) is 132 cm³/mol. The van der Waals surface area contributed by atoms with Crippen molar-refractivity contribution in [1.29, 1.82) is 0 Å². The van der Waals surface area contributed by atoms with E-state index in [1.54, 1.807) is 0 Å². The van der Waals surface area contributed by atoms with E-state index in [-0.39, 0.29) is 0 Å². The molecule has 164 valence electrons. The van der Waals surface area contributed by atoms with Crippen molar-refractivity contribution in [2.75, 3.05) is 5.32 Å². The van der Waals surface area contributed by atoms with Crippen LogP contribution in [0.5, 0.6) is 0 Å². The van der Waals surface area contributed by atoms with E-state index in [0.29, 0.717) is 18.4 Å². The minimum absolute atomic E-state index is 0.419. The van der Waals surface area contributed by atoms with Crippen molar-refractivity contribution < 1.29 is 0 Å². The standard InChI is InChI=1S/C27H24ClN5/c28-19-4-1-3-17(11-19)21-12-22(21)27-31-24-6-2-5-23(26(24)32-27)29-13-20-15-33-14-18(16-7-8-16)9-10-25(33)30-20/h1-6,9-11,14-16,21-22,29H,7-8,12-13H2,(H,31,32)/t21-,22+/m1/s1. The lowest BCUT2D eigenvalue weighted by Crippen LogP contribution is -2.00. The zero-order chi connectivity index (χ0) is 21.9. The van der Waals surface area contributed by atoms with Gasteiger partial charge in [0.25, 0.3) is 0 Å². The fourth-order valence-corrected chi connectivity index (χ4v) is 5.16. The van der Waals surface area contributed by atoms with Gasteiger partial charge in [-0.15, -0.1) is 0 Å². The van der Waals surface area contributed by atoms with Gasteiger partial charge in [-0.05, 0) is 72.6 Å². The molecule has 0 bridgehead atoms. The van der Waals surface area contributed by atoms with Crippen molar-refractivity contribution in [3.8, 4) is 0 Å². The second kappa shape index (κ2) is 7.35. The summed E-state index contributed by atoms with van der Waals surface area (Å²) in [6, 6.07) is 18.8. The third-order valence-electron chi connectivity index (χ3n) is 6.98. The Bertz CT molecular complexity index is 1500. The van der Waals surface area contributed by atoms with Crippen LogP contribution in [0.25, 0.3) is 16.7 Å². The number of halogens is 1. The number of rotatable bonds is 6. The molecule has 3 heterocycles. The smallest absolute Gasteiger partial charge is 0.137 e. The summed E-state index contributed by atoms with van der Waals surface area (Å²) in [4.78, 5) is 13.3. The van der Waals surface area contributed by atoms with Gasteiger partial charge in [0.15, 0.2) is 0 Å². The second-order valence-electron chi connectivity index (χ2n) is 9.42. The first-order valence-electron chi connectivity index (χ1n) is 11.7. The lowest BCUT2D eigenvalue weighted by molar-refractivity contribution is 0.938. The first-order valence-corrected chi connectivity index (χ1v) is 12.0. The molecule has 2 saturated carbocycles. The maximum absolute atomic E-state index is 6.19. The van der Waals surface area contributed by atoms with E-state index in [1.165, 1.54) is 24.0 Å². The van der Waals surface area contributed by atoms with Crippen LogP contribution in [-0.4, -0.2) is 19.4 Å². The van der Waals surface area contributed by atoms with Crippen LogP contribution in [0.2, 0.25) is 5.02 Å². The summed E-state index contributed by atoms with van der Waals surface area (Å²) >= 11 is 6.19. The molecule has 0 unspecified atom stereocenters. The highest BCUT2D eigenvalue weighted by atomic mass is 35.5. The molecule has 2 aliphatic rings. The van der Waals surface area contributed by atoms with Gasteiger partial charge in [0.05, 0.1) is 23.4 Å². The van der Waals surface area contributed by atoms with E-state index in [1.807, 2.05) is 12.1 Å². The topological polar surface area (TPSA) is 58.0 Å². The normalized spacial score (nSPS) is 19.9. The molecule has 2 aliphatic carbocycles. The van der Waals surface area contributed by atoms with Crippen molar-refractivity contribution >= 4 is 34.0 Å². The summed E-state index contributed by atoms with van der Waals surface area (Å²) < 4.78 is 2.15. The second-order valence-corrected chi connectivity index (χ2v) is 9.85. The monoisotopic (exact) mass is 453 g/mol. The Labute approximate surface area is 196 Å². The van der Waals surface area contributed by atoms with Gasteiger partial charge in [0.2, 0.25) is 0 Å². The van der Waals surface area contributed by atoms with E-state index in [9.17, 15) is 0 Å². The molecule has 2 fully saturated rings. The van der Waals surface area contributed by atoms with Crippen LogP contribution < -0.4 is 5.32 Å². The Morgan fingerprint density at radius 1 is 0.970 bits per heavy atom. The number of para-hydroxylation sites is 1. The highest BCUT2D eigenvalue weighted by Crippen LogP contribution is 2.54. The van der Waals surface area contributed by atoms with Gasteiger partial charge >= 0.3 is 0 Å². The molecular weight excluding hydrogens is 430 g/mol. The van der Waals surface area contributed by atoms with E-state index in [0.717, 1.165) is 51.2 Å². The Morgan fingerprint density at radius 3 is 2.76 bits per heavy atom. The summed E-state index contributed by atoms with van der Waals surface area (Å²) in [7, 11) is 0. The van der Waals surface area contributed by atoms with Crippen LogP contribution in [0.15, 0.2) is 67.0 Å². The zero-order valence-electron chi connectivity index (χ0n) is 18.1. The summed E-state index contributed by atoms with van der Waals surface area (Å²) in [5.41, 5.74) is 7.83. The van der Waals surface area contributed by atoms with E-state index in [2.05, 4.69) is 69.6 Å². The predicted octanol–water partition coefficient (Wildman–Crippen LogP) is 6.62. The summed E-state index contributed by atoms with van der Waals surface area (Å²) in [6.07, 6.45) is 8.09. The summed E-state index contributed by atoms with van der Waals surface area (Å²) in [5.74, 6) is 2.71. The molecular formula is C27H24ClN5. The third kappa shape index (κ3) is 3.57. The van der Waals surface area contributed by atoms with Gasteiger partial charge < -0.3 is 14.7 Å². The average Bonchev–Trinajstić information content (AvgIpc) is 3.74. The average molecular weight is 454 g/mol. The van der Waals surface area contributed by atoms with Gasteiger partial charge in [-0.1, -0.05) is 35.9 Å². The molecule has 0 saturated heterocycles. The Kier molecular flexibility index (Phi) is 4.28. The van der Waals surface area contributed by atoms with Crippen LogP contribution >= 0.6 is 11.6 Å². The number of pyridine rings is 1.